The maximum Gasteiger partial charge on any atom is 0.0723 e. The van der Waals surface area contributed by atoms with E-state index in [1.54, 1.807) is 0 Å². The minimum absolute atomic E-state index is 0.546. The van der Waals surface area contributed by atoms with Gasteiger partial charge in [0, 0.05) is 36.8 Å². The fraction of sp³-hybridized carbons (Fsp3) is 0.357. The lowest BCUT2D eigenvalue weighted by molar-refractivity contribution is 0.901. The Balaban J connectivity index is 2.22. The summed E-state index contributed by atoms with van der Waals surface area (Å²) in [6, 6.07) is 8.97. The summed E-state index contributed by atoms with van der Waals surface area (Å²) in [4.78, 5) is 6.84. The first kappa shape index (κ1) is 10.5. The molecule has 3 heteroatoms. The molecule has 0 spiro atoms. The van der Waals surface area contributed by atoms with Crippen LogP contribution in [0.15, 0.2) is 30.5 Å². The van der Waals surface area contributed by atoms with Gasteiger partial charge < -0.3 is 10.6 Å². The van der Waals surface area contributed by atoms with Crippen molar-refractivity contribution in [1.29, 1.82) is 0 Å². The lowest BCUT2D eigenvalue weighted by Crippen LogP contribution is -2.22. The van der Waals surface area contributed by atoms with Crippen LogP contribution in [0.1, 0.15) is 18.4 Å². The molecule has 1 aromatic carbocycles. The van der Waals surface area contributed by atoms with Crippen molar-refractivity contribution in [3.8, 4) is 0 Å². The molecule has 0 radical (unpaired) electrons. The molecule has 1 aliphatic carbocycles. The van der Waals surface area contributed by atoms with Crippen LogP contribution < -0.4 is 10.6 Å². The minimum atomic E-state index is 0.546. The molecule has 1 aromatic heterocycles. The molecule has 1 aliphatic rings. The molecule has 0 amide bonds. The Morgan fingerprint density at radius 1 is 1.35 bits per heavy atom. The highest BCUT2D eigenvalue weighted by molar-refractivity contribution is 5.93. The summed E-state index contributed by atoms with van der Waals surface area (Å²) in [7, 11) is 2.17. The van der Waals surface area contributed by atoms with Crippen molar-refractivity contribution in [2.24, 2.45) is 5.73 Å². The molecule has 0 unspecified atom stereocenters. The van der Waals surface area contributed by atoms with Crippen LogP contribution in [0.3, 0.4) is 0 Å². The highest BCUT2D eigenvalue weighted by atomic mass is 15.2. The molecule has 17 heavy (non-hydrogen) atoms. The van der Waals surface area contributed by atoms with Crippen molar-refractivity contribution in [3.05, 3.63) is 36.0 Å². The van der Waals surface area contributed by atoms with Crippen LogP contribution in [0.5, 0.6) is 0 Å². The molecule has 1 heterocycles. The van der Waals surface area contributed by atoms with Crippen LogP contribution >= 0.6 is 0 Å². The lowest BCUT2D eigenvalue weighted by atomic mass is 10.1. The van der Waals surface area contributed by atoms with E-state index in [9.17, 15) is 0 Å². The Morgan fingerprint density at radius 2 is 2.12 bits per heavy atom. The van der Waals surface area contributed by atoms with E-state index >= 15 is 0 Å². The predicted molar refractivity (Wildman–Crippen MR) is 71.1 cm³/mol. The van der Waals surface area contributed by atoms with E-state index in [1.165, 1.54) is 23.9 Å². The van der Waals surface area contributed by atoms with Gasteiger partial charge in [0.05, 0.1) is 11.2 Å². The number of rotatable bonds is 3. The quantitative estimate of drug-likeness (QED) is 0.874. The van der Waals surface area contributed by atoms with Gasteiger partial charge in [-0.1, -0.05) is 18.2 Å². The number of benzene rings is 1. The van der Waals surface area contributed by atoms with Gasteiger partial charge in [0.15, 0.2) is 0 Å². The van der Waals surface area contributed by atoms with Crippen molar-refractivity contribution in [2.75, 3.05) is 11.9 Å². The molecule has 2 N–H and O–H groups in total. The number of hydrogen-bond acceptors (Lipinski definition) is 3. The summed E-state index contributed by atoms with van der Waals surface area (Å²) in [5.41, 5.74) is 9.28. The summed E-state index contributed by atoms with van der Waals surface area (Å²) in [5, 5.41) is 1.21. The zero-order valence-electron chi connectivity index (χ0n) is 10.1. The first-order chi connectivity index (χ1) is 8.31. The molecule has 0 bridgehead atoms. The Hall–Kier alpha value is -1.61. The average Bonchev–Trinajstić information content (AvgIpc) is 3.20. The van der Waals surface area contributed by atoms with Gasteiger partial charge in [-0.25, -0.2) is 0 Å². The Morgan fingerprint density at radius 3 is 2.82 bits per heavy atom. The van der Waals surface area contributed by atoms with Crippen LogP contribution in [-0.4, -0.2) is 18.1 Å². The van der Waals surface area contributed by atoms with Gasteiger partial charge in [-0.05, 0) is 18.9 Å². The molecule has 2 aromatic rings. The molecule has 0 saturated heterocycles. The third-order valence-corrected chi connectivity index (χ3v) is 3.49. The highest BCUT2D eigenvalue weighted by Gasteiger charge is 2.28. The standard InChI is InChI=1S/C14H17N3/c1-17(11-6-7-11)14-10(8-15)9-16-13-5-3-2-4-12(13)14/h2-5,9,11H,6-8,15H2,1H3. The molecule has 1 fully saturated rings. The zero-order valence-corrected chi connectivity index (χ0v) is 10.1. The maximum atomic E-state index is 5.83. The van der Waals surface area contributed by atoms with Crippen LogP contribution in [0.2, 0.25) is 0 Å². The number of para-hydroxylation sites is 1. The third kappa shape index (κ3) is 1.76. The SMILES string of the molecule is CN(c1c(CN)cnc2ccccc12)C1CC1. The fourth-order valence-corrected chi connectivity index (χ4v) is 2.38. The molecule has 1 saturated carbocycles. The zero-order chi connectivity index (χ0) is 11.8. The fourth-order valence-electron chi connectivity index (χ4n) is 2.38. The van der Waals surface area contributed by atoms with E-state index in [0.29, 0.717) is 12.6 Å². The van der Waals surface area contributed by atoms with Crippen LogP contribution in [0.4, 0.5) is 5.69 Å². The molecule has 0 aliphatic heterocycles. The van der Waals surface area contributed by atoms with Crippen molar-refractivity contribution >= 4 is 16.6 Å². The first-order valence-electron chi connectivity index (χ1n) is 6.11. The van der Waals surface area contributed by atoms with Crippen molar-refractivity contribution in [3.63, 3.8) is 0 Å². The summed E-state index contributed by atoms with van der Waals surface area (Å²) in [6.45, 7) is 0.546. The number of aromatic nitrogens is 1. The summed E-state index contributed by atoms with van der Waals surface area (Å²) in [6.07, 6.45) is 4.49. The minimum Gasteiger partial charge on any atom is -0.371 e. The summed E-state index contributed by atoms with van der Waals surface area (Å²) >= 11 is 0. The van der Waals surface area contributed by atoms with Gasteiger partial charge >= 0.3 is 0 Å². The van der Waals surface area contributed by atoms with E-state index in [-0.39, 0.29) is 0 Å². The smallest absolute Gasteiger partial charge is 0.0723 e. The number of hydrogen-bond donors (Lipinski definition) is 1. The van der Waals surface area contributed by atoms with Crippen LogP contribution in [0, 0.1) is 0 Å². The molecule has 3 rings (SSSR count). The highest BCUT2D eigenvalue weighted by Crippen LogP contribution is 2.36. The van der Waals surface area contributed by atoms with Gasteiger partial charge in [0.2, 0.25) is 0 Å². The van der Waals surface area contributed by atoms with Crippen molar-refractivity contribution in [2.45, 2.75) is 25.4 Å². The van der Waals surface area contributed by atoms with Crippen molar-refractivity contribution in [1.82, 2.24) is 4.98 Å². The number of pyridine rings is 1. The topological polar surface area (TPSA) is 42.1 Å². The van der Waals surface area contributed by atoms with Gasteiger partial charge in [0.1, 0.15) is 0 Å². The third-order valence-electron chi connectivity index (χ3n) is 3.49. The predicted octanol–water partition coefficient (Wildman–Crippen LogP) is 2.29. The monoisotopic (exact) mass is 227 g/mol. The molecule has 0 atom stereocenters. The van der Waals surface area contributed by atoms with Gasteiger partial charge in [-0.3, -0.25) is 4.98 Å². The number of anilines is 1. The second kappa shape index (κ2) is 4.00. The average molecular weight is 227 g/mol. The second-order valence-electron chi connectivity index (χ2n) is 4.70. The normalized spacial score (nSPS) is 15.2. The second-order valence-corrected chi connectivity index (χ2v) is 4.70. The van der Waals surface area contributed by atoms with Gasteiger partial charge in [0.25, 0.3) is 0 Å². The Kier molecular flexibility index (Phi) is 2.48. The molecule has 3 nitrogen and oxygen atoms in total. The lowest BCUT2D eigenvalue weighted by Gasteiger charge is -2.23. The molecule has 88 valence electrons. The number of nitrogens with two attached hydrogens (primary N) is 1. The van der Waals surface area contributed by atoms with E-state index in [1.807, 2.05) is 12.3 Å². The Labute approximate surface area is 101 Å². The van der Waals surface area contributed by atoms with Crippen LogP contribution in [-0.2, 0) is 6.54 Å². The van der Waals surface area contributed by atoms with Gasteiger partial charge in [-0.15, -0.1) is 0 Å². The number of nitrogens with zero attached hydrogens (tertiary/aromatic N) is 2. The molecular weight excluding hydrogens is 210 g/mol. The van der Waals surface area contributed by atoms with E-state index in [0.717, 1.165) is 11.1 Å². The summed E-state index contributed by atoms with van der Waals surface area (Å²) < 4.78 is 0. The first-order valence-corrected chi connectivity index (χ1v) is 6.11. The van der Waals surface area contributed by atoms with E-state index < -0.39 is 0 Å². The summed E-state index contributed by atoms with van der Waals surface area (Å²) in [5.74, 6) is 0. The van der Waals surface area contributed by atoms with E-state index in [4.69, 9.17) is 5.73 Å². The van der Waals surface area contributed by atoms with Crippen molar-refractivity contribution < 1.29 is 0 Å². The molecular formula is C14H17N3. The maximum absolute atomic E-state index is 5.83. The Bertz CT molecular complexity index is 546. The van der Waals surface area contributed by atoms with E-state index in [2.05, 4.69) is 35.1 Å². The largest absolute Gasteiger partial charge is 0.371 e. The van der Waals surface area contributed by atoms with Crippen LogP contribution in [0.25, 0.3) is 10.9 Å². The van der Waals surface area contributed by atoms with Gasteiger partial charge in [-0.2, -0.15) is 0 Å². The number of fused-ring (bicyclic) bond motifs is 1.